The predicted octanol–water partition coefficient (Wildman–Crippen LogP) is 1.17. The maximum absolute atomic E-state index is 10.7. The number of hydrogen-bond donors (Lipinski definition) is 3. The molecule has 0 radical (unpaired) electrons. The van der Waals surface area contributed by atoms with Crippen molar-refractivity contribution in [3.63, 3.8) is 0 Å². The van der Waals surface area contributed by atoms with E-state index in [1.54, 1.807) is 24.3 Å². The van der Waals surface area contributed by atoms with E-state index < -0.39 is 5.97 Å². The summed E-state index contributed by atoms with van der Waals surface area (Å²) in [6, 6.07) is 7.01. The van der Waals surface area contributed by atoms with Crippen molar-refractivity contribution in [2.45, 2.75) is 18.8 Å². The van der Waals surface area contributed by atoms with Gasteiger partial charge in [-0.1, -0.05) is 12.1 Å². The Morgan fingerprint density at radius 3 is 2.44 bits per heavy atom. The Labute approximate surface area is 106 Å². The lowest BCUT2D eigenvalue weighted by molar-refractivity contribution is -0.137. The first kappa shape index (κ1) is 13.6. The summed E-state index contributed by atoms with van der Waals surface area (Å²) in [6.07, 6.45) is 5.63. The topological polar surface area (TPSA) is 102 Å². The van der Waals surface area contributed by atoms with Crippen molar-refractivity contribution in [2.24, 2.45) is 16.5 Å². The third-order valence-corrected chi connectivity index (χ3v) is 2.41. The van der Waals surface area contributed by atoms with Gasteiger partial charge in [0.05, 0.1) is 12.1 Å². The molecule has 0 aromatic heterocycles. The van der Waals surface area contributed by atoms with Crippen LogP contribution in [-0.4, -0.2) is 17.0 Å². The van der Waals surface area contributed by atoms with Crippen LogP contribution in [0.3, 0.4) is 0 Å². The summed E-state index contributed by atoms with van der Waals surface area (Å²) in [4.78, 5) is 14.6. The van der Waals surface area contributed by atoms with Crippen LogP contribution >= 0.6 is 0 Å². The summed E-state index contributed by atoms with van der Waals surface area (Å²) < 4.78 is 0. The molecule has 18 heavy (non-hydrogen) atoms. The van der Waals surface area contributed by atoms with E-state index in [1.165, 1.54) is 0 Å². The van der Waals surface area contributed by atoms with Gasteiger partial charge >= 0.3 is 5.97 Å². The van der Waals surface area contributed by atoms with Crippen molar-refractivity contribution in [3.05, 3.63) is 29.8 Å². The molecule has 0 saturated carbocycles. The maximum Gasteiger partial charge on any atom is 0.303 e. The highest BCUT2D eigenvalue weighted by molar-refractivity contribution is 5.79. The van der Waals surface area contributed by atoms with Crippen LogP contribution in [0.25, 0.3) is 0 Å². The fourth-order valence-electron chi connectivity index (χ4n) is 1.63. The van der Waals surface area contributed by atoms with Crippen LogP contribution in [0.15, 0.2) is 29.3 Å². The van der Waals surface area contributed by atoms with Crippen LogP contribution in [0.2, 0.25) is 0 Å². The molecule has 94 valence electrons. The zero-order chi connectivity index (χ0) is 13.5. The van der Waals surface area contributed by atoms with Crippen LogP contribution in [0.4, 0.5) is 5.69 Å². The molecular weight excluding hydrogens is 230 g/mol. The molecule has 5 nitrogen and oxygen atoms in total. The number of aliphatic imine (C=N–C) groups is 1. The first-order valence-electron chi connectivity index (χ1n) is 5.37. The van der Waals surface area contributed by atoms with Gasteiger partial charge in [0.15, 0.2) is 5.96 Å². The van der Waals surface area contributed by atoms with E-state index in [9.17, 15) is 4.79 Å². The Kier molecular flexibility index (Phi) is 4.76. The number of hydrogen-bond acceptors (Lipinski definition) is 2. The molecule has 0 bridgehead atoms. The third kappa shape index (κ3) is 4.18. The Morgan fingerprint density at radius 1 is 1.39 bits per heavy atom. The number of benzene rings is 1. The van der Waals surface area contributed by atoms with Gasteiger partial charge in [-0.25, -0.2) is 4.99 Å². The number of rotatable bonds is 5. The van der Waals surface area contributed by atoms with Crippen LogP contribution in [0, 0.1) is 12.3 Å². The van der Waals surface area contributed by atoms with E-state index >= 15 is 0 Å². The van der Waals surface area contributed by atoms with Gasteiger partial charge in [-0.05, 0) is 17.7 Å². The minimum Gasteiger partial charge on any atom is -0.481 e. The average Bonchev–Trinajstić information content (AvgIpc) is 2.28. The fraction of sp³-hybridized carbons (Fsp3) is 0.231. The molecule has 0 saturated heterocycles. The number of nitrogens with two attached hydrogens (primary N) is 2. The van der Waals surface area contributed by atoms with Gasteiger partial charge in [0.1, 0.15) is 0 Å². The lowest BCUT2D eigenvalue weighted by Gasteiger charge is -2.12. The number of carboxylic acids is 1. The molecule has 1 aromatic carbocycles. The summed E-state index contributed by atoms with van der Waals surface area (Å²) in [7, 11) is 0. The first-order valence-corrected chi connectivity index (χ1v) is 5.37. The van der Waals surface area contributed by atoms with Gasteiger partial charge in [-0.2, -0.15) is 0 Å². The monoisotopic (exact) mass is 245 g/mol. The summed E-state index contributed by atoms with van der Waals surface area (Å²) >= 11 is 0. The van der Waals surface area contributed by atoms with Gasteiger partial charge < -0.3 is 16.6 Å². The normalized spacial score (nSPS) is 11.3. The lowest BCUT2D eigenvalue weighted by Crippen LogP contribution is -2.21. The van der Waals surface area contributed by atoms with Gasteiger partial charge in [-0.3, -0.25) is 4.79 Å². The molecular formula is C13H15N3O2. The van der Waals surface area contributed by atoms with Crippen molar-refractivity contribution in [2.75, 3.05) is 0 Å². The maximum atomic E-state index is 10.7. The highest BCUT2D eigenvalue weighted by Gasteiger charge is 2.14. The second kappa shape index (κ2) is 6.30. The smallest absolute Gasteiger partial charge is 0.303 e. The number of carboxylic acid groups (broad SMARTS) is 1. The van der Waals surface area contributed by atoms with E-state index in [-0.39, 0.29) is 18.3 Å². The fourth-order valence-corrected chi connectivity index (χ4v) is 1.63. The Hall–Kier alpha value is -2.48. The molecule has 5 N–H and O–H groups in total. The van der Waals surface area contributed by atoms with E-state index in [4.69, 9.17) is 23.0 Å². The van der Waals surface area contributed by atoms with Gasteiger partial charge in [0.2, 0.25) is 0 Å². The number of carbonyl (C=O) groups is 1. The summed E-state index contributed by atoms with van der Waals surface area (Å²) in [5, 5.41) is 8.82. The van der Waals surface area contributed by atoms with Crippen molar-refractivity contribution >= 4 is 17.6 Å². The van der Waals surface area contributed by atoms with Crippen LogP contribution in [-0.2, 0) is 4.79 Å². The average molecular weight is 245 g/mol. The predicted molar refractivity (Wildman–Crippen MR) is 70.4 cm³/mol. The molecule has 0 aliphatic carbocycles. The minimum atomic E-state index is -0.872. The molecule has 0 heterocycles. The second-order valence-corrected chi connectivity index (χ2v) is 3.83. The van der Waals surface area contributed by atoms with E-state index in [2.05, 4.69) is 10.9 Å². The number of nitrogens with zero attached hydrogens (tertiary/aromatic N) is 1. The van der Waals surface area contributed by atoms with Gasteiger partial charge in [-0.15, -0.1) is 12.3 Å². The number of terminal acetylenes is 1. The van der Waals surface area contributed by atoms with Crippen molar-refractivity contribution in [1.29, 1.82) is 0 Å². The first-order chi connectivity index (χ1) is 8.52. The van der Waals surface area contributed by atoms with Crippen LogP contribution in [0.1, 0.15) is 24.3 Å². The molecule has 5 heteroatoms. The standard InChI is InChI=1S/C13H15N3O2/c1-2-3-10(8-12(17)18)9-4-6-11(7-5-9)16-13(14)15/h1,4-7,10H,3,8H2,(H,17,18)(H4,14,15,16)/t10-/m1/s1. The molecule has 0 unspecified atom stereocenters. The minimum absolute atomic E-state index is 0.00580. The number of guanidine groups is 1. The lowest BCUT2D eigenvalue weighted by atomic mass is 9.93. The third-order valence-electron chi connectivity index (χ3n) is 2.41. The largest absolute Gasteiger partial charge is 0.481 e. The van der Waals surface area contributed by atoms with Crippen molar-refractivity contribution in [3.8, 4) is 12.3 Å². The molecule has 1 atom stereocenters. The summed E-state index contributed by atoms with van der Waals surface area (Å²) in [5.41, 5.74) is 12.0. The van der Waals surface area contributed by atoms with E-state index in [0.717, 1.165) is 5.56 Å². The Bertz CT molecular complexity index is 482. The van der Waals surface area contributed by atoms with E-state index in [0.29, 0.717) is 12.1 Å². The van der Waals surface area contributed by atoms with Crippen molar-refractivity contribution in [1.82, 2.24) is 0 Å². The van der Waals surface area contributed by atoms with Gasteiger partial charge in [0, 0.05) is 12.3 Å². The molecule has 1 aromatic rings. The Balaban J connectivity index is 2.90. The molecule has 1 rings (SSSR count). The quantitative estimate of drug-likeness (QED) is 0.411. The molecule has 0 fully saturated rings. The Morgan fingerprint density at radius 2 is 2.00 bits per heavy atom. The van der Waals surface area contributed by atoms with Crippen LogP contribution < -0.4 is 11.5 Å². The second-order valence-electron chi connectivity index (χ2n) is 3.83. The molecule has 0 aliphatic heterocycles. The molecule has 0 spiro atoms. The SMILES string of the molecule is C#CC[C@H](CC(=O)O)c1ccc(N=C(N)N)cc1. The van der Waals surface area contributed by atoms with Crippen molar-refractivity contribution < 1.29 is 9.90 Å². The highest BCUT2D eigenvalue weighted by atomic mass is 16.4. The zero-order valence-corrected chi connectivity index (χ0v) is 9.84. The highest BCUT2D eigenvalue weighted by Crippen LogP contribution is 2.25. The zero-order valence-electron chi connectivity index (χ0n) is 9.84. The molecule has 0 aliphatic rings. The summed E-state index contributed by atoms with van der Waals surface area (Å²) in [5.74, 6) is 1.40. The number of aliphatic carboxylic acids is 1. The van der Waals surface area contributed by atoms with E-state index in [1.807, 2.05) is 0 Å². The van der Waals surface area contributed by atoms with Gasteiger partial charge in [0.25, 0.3) is 0 Å². The summed E-state index contributed by atoms with van der Waals surface area (Å²) in [6.45, 7) is 0. The molecule has 0 amide bonds. The van der Waals surface area contributed by atoms with Crippen LogP contribution in [0.5, 0.6) is 0 Å².